The molecule has 2 rings (SSSR count). The van der Waals surface area contributed by atoms with Crippen molar-refractivity contribution in [2.24, 2.45) is 5.41 Å². The fraction of sp³-hybridized carbons (Fsp3) is 0.529. The van der Waals surface area contributed by atoms with Crippen LogP contribution in [-0.4, -0.2) is 47.8 Å². The highest BCUT2D eigenvalue weighted by atomic mass is 19.1. The summed E-state index contributed by atoms with van der Waals surface area (Å²) in [5.41, 5.74) is -0.353. The van der Waals surface area contributed by atoms with Crippen LogP contribution in [0.5, 0.6) is 0 Å². The maximum atomic E-state index is 13.7. The van der Waals surface area contributed by atoms with Gasteiger partial charge in [-0.2, -0.15) is 0 Å². The van der Waals surface area contributed by atoms with Gasteiger partial charge in [0.2, 0.25) is 5.91 Å². The van der Waals surface area contributed by atoms with E-state index in [1.807, 2.05) is 20.8 Å². The average Bonchev–Trinajstić information content (AvgIpc) is 2.47. The number of benzene rings is 1. The molecule has 1 fully saturated rings. The maximum Gasteiger partial charge on any atom is 0.257 e. The van der Waals surface area contributed by atoms with Gasteiger partial charge in [0.25, 0.3) is 5.91 Å². The van der Waals surface area contributed by atoms with Gasteiger partial charge in [-0.05, 0) is 23.6 Å². The number of halogens is 2. The molecule has 1 aliphatic rings. The summed E-state index contributed by atoms with van der Waals surface area (Å²) < 4.78 is 26.9. The van der Waals surface area contributed by atoms with E-state index in [-0.39, 0.29) is 16.9 Å². The molecule has 6 heteroatoms. The summed E-state index contributed by atoms with van der Waals surface area (Å²) in [4.78, 5) is 27.6. The van der Waals surface area contributed by atoms with Gasteiger partial charge in [-0.1, -0.05) is 20.8 Å². The van der Waals surface area contributed by atoms with Crippen molar-refractivity contribution in [2.45, 2.75) is 27.2 Å². The third kappa shape index (κ3) is 4.50. The Labute approximate surface area is 135 Å². The molecule has 0 radical (unpaired) electrons. The van der Waals surface area contributed by atoms with Gasteiger partial charge in [0.05, 0.1) is 5.56 Å². The second-order valence-corrected chi connectivity index (χ2v) is 7.03. The van der Waals surface area contributed by atoms with E-state index in [1.165, 1.54) is 4.90 Å². The van der Waals surface area contributed by atoms with Crippen LogP contribution in [0, 0.1) is 17.0 Å². The predicted molar refractivity (Wildman–Crippen MR) is 82.9 cm³/mol. The lowest BCUT2D eigenvalue weighted by Crippen LogP contribution is -2.51. The minimum Gasteiger partial charge on any atom is -0.339 e. The van der Waals surface area contributed by atoms with E-state index in [2.05, 4.69) is 0 Å². The summed E-state index contributed by atoms with van der Waals surface area (Å²) in [6, 6.07) is 2.84. The summed E-state index contributed by atoms with van der Waals surface area (Å²) in [6.07, 6.45) is 0.444. The molecule has 1 aromatic rings. The van der Waals surface area contributed by atoms with E-state index in [0.29, 0.717) is 32.6 Å². The highest BCUT2D eigenvalue weighted by Gasteiger charge is 2.28. The Kier molecular flexibility index (Phi) is 5.02. The van der Waals surface area contributed by atoms with Gasteiger partial charge in [0.1, 0.15) is 11.6 Å². The molecular weight excluding hydrogens is 302 g/mol. The smallest absolute Gasteiger partial charge is 0.257 e. The van der Waals surface area contributed by atoms with Crippen molar-refractivity contribution in [1.29, 1.82) is 0 Å². The molecule has 0 N–H and O–H groups in total. The Hall–Kier alpha value is -1.98. The highest BCUT2D eigenvalue weighted by Crippen LogP contribution is 2.21. The minimum absolute atomic E-state index is 0.0570. The summed E-state index contributed by atoms with van der Waals surface area (Å²) in [5, 5.41) is 0. The molecule has 0 atom stereocenters. The standard InChI is InChI=1S/C17H22F2N2O2/c1-17(2,3)11-15(22)20-6-8-21(9-7-20)16(23)13-10-12(18)4-5-14(13)19/h4-5,10H,6-9,11H2,1-3H3. The molecule has 1 heterocycles. The molecule has 0 aromatic heterocycles. The SMILES string of the molecule is CC(C)(C)CC(=O)N1CCN(C(=O)c2cc(F)ccc2F)CC1. The van der Waals surface area contributed by atoms with Crippen molar-refractivity contribution < 1.29 is 18.4 Å². The summed E-state index contributed by atoms with van der Waals surface area (Å²) >= 11 is 0. The van der Waals surface area contributed by atoms with Gasteiger partial charge in [-0.15, -0.1) is 0 Å². The van der Waals surface area contributed by atoms with Crippen LogP contribution in [0.3, 0.4) is 0 Å². The fourth-order valence-corrected chi connectivity index (χ4v) is 2.56. The normalized spacial score (nSPS) is 15.7. The van der Waals surface area contributed by atoms with Crippen molar-refractivity contribution in [1.82, 2.24) is 9.80 Å². The molecule has 0 spiro atoms. The van der Waals surface area contributed by atoms with Crippen LogP contribution in [0.1, 0.15) is 37.6 Å². The van der Waals surface area contributed by atoms with Crippen LogP contribution in [0.4, 0.5) is 8.78 Å². The van der Waals surface area contributed by atoms with E-state index in [0.717, 1.165) is 18.2 Å². The van der Waals surface area contributed by atoms with Gasteiger partial charge in [-0.3, -0.25) is 9.59 Å². The largest absolute Gasteiger partial charge is 0.339 e. The monoisotopic (exact) mass is 324 g/mol. The van der Waals surface area contributed by atoms with Gasteiger partial charge >= 0.3 is 0 Å². The number of hydrogen-bond acceptors (Lipinski definition) is 2. The molecule has 126 valence electrons. The molecule has 0 aliphatic carbocycles. The van der Waals surface area contributed by atoms with Crippen molar-refractivity contribution >= 4 is 11.8 Å². The predicted octanol–water partition coefficient (Wildman–Crippen LogP) is 2.69. The zero-order valence-corrected chi connectivity index (χ0v) is 13.7. The van der Waals surface area contributed by atoms with Crippen molar-refractivity contribution in [3.63, 3.8) is 0 Å². The van der Waals surface area contributed by atoms with Crippen LogP contribution in [-0.2, 0) is 4.79 Å². The summed E-state index contributed by atoms with van der Waals surface area (Å²) in [7, 11) is 0. The topological polar surface area (TPSA) is 40.6 Å². The van der Waals surface area contributed by atoms with Gasteiger partial charge < -0.3 is 9.80 Å². The first-order valence-electron chi connectivity index (χ1n) is 7.69. The lowest BCUT2D eigenvalue weighted by molar-refractivity contribution is -0.134. The van der Waals surface area contributed by atoms with Crippen LogP contribution in [0.15, 0.2) is 18.2 Å². The molecule has 0 unspecified atom stereocenters. The highest BCUT2D eigenvalue weighted by molar-refractivity contribution is 5.94. The molecule has 0 bridgehead atoms. The molecule has 4 nitrogen and oxygen atoms in total. The third-order valence-electron chi connectivity index (χ3n) is 3.76. The Morgan fingerprint density at radius 3 is 2.17 bits per heavy atom. The molecule has 0 saturated carbocycles. The van der Waals surface area contributed by atoms with Gasteiger partial charge in [0.15, 0.2) is 0 Å². The fourth-order valence-electron chi connectivity index (χ4n) is 2.56. The number of nitrogens with zero attached hydrogens (tertiary/aromatic N) is 2. The number of carbonyl (C=O) groups is 2. The minimum atomic E-state index is -0.734. The lowest BCUT2D eigenvalue weighted by atomic mass is 9.91. The first-order chi connectivity index (χ1) is 10.7. The Bertz CT molecular complexity index is 603. The molecular formula is C17H22F2N2O2. The second kappa shape index (κ2) is 6.64. The zero-order chi connectivity index (χ0) is 17.2. The number of hydrogen-bond donors (Lipinski definition) is 0. The van der Waals surface area contributed by atoms with Crippen molar-refractivity contribution in [2.75, 3.05) is 26.2 Å². The lowest BCUT2D eigenvalue weighted by Gasteiger charge is -2.36. The molecule has 2 amide bonds. The van der Waals surface area contributed by atoms with Crippen LogP contribution < -0.4 is 0 Å². The number of amides is 2. The zero-order valence-electron chi connectivity index (χ0n) is 13.7. The summed E-state index contributed by atoms with van der Waals surface area (Å²) in [6.45, 7) is 7.47. The third-order valence-corrected chi connectivity index (χ3v) is 3.76. The van der Waals surface area contributed by atoms with E-state index in [9.17, 15) is 18.4 Å². The first kappa shape index (κ1) is 17.4. The first-order valence-corrected chi connectivity index (χ1v) is 7.69. The average molecular weight is 324 g/mol. The van der Waals surface area contributed by atoms with Gasteiger partial charge in [0, 0.05) is 32.6 Å². The number of piperazine rings is 1. The van der Waals surface area contributed by atoms with E-state index < -0.39 is 17.5 Å². The second-order valence-electron chi connectivity index (χ2n) is 7.03. The summed E-state index contributed by atoms with van der Waals surface area (Å²) in [5.74, 6) is -1.86. The van der Waals surface area contributed by atoms with Gasteiger partial charge in [-0.25, -0.2) is 8.78 Å². The van der Waals surface area contributed by atoms with E-state index >= 15 is 0 Å². The molecule has 1 saturated heterocycles. The Balaban J connectivity index is 1.97. The van der Waals surface area contributed by atoms with E-state index in [4.69, 9.17) is 0 Å². The van der Waals surface area contributed by atoms with Crippen LogP contribution in [0.25, 0.3) is 0 Å². The van der Waals surface area contributed by atoms with Crippen LogP contribution in [0.2, 0.25) is 0 Å². The molecule has 1 aromatic carbocycles. The van der Waals surface area contributed by atoms with Crippen LogP contribution >= 0.6 is 0 Å². The van der Waals surface area contributed by atoms with E-state index in [1.54, 1.807) is 4.90 Å². The quantitative estimate of drug-likeness (QED) is 0.839. The Morgan fingerprint density at radius 1 is 1.04 bits per heavy atom. The molecule has 1 aliphatic heterocycles. The molecule has 23 heavy (non-hydrogen) atoms. The Morgan fingerprint density at radius 2 is 1.61 bits per heavy atom. The number of rotatable bonds is 2. The van der Waals surface area contributed by atoms with Crippen molar-refractivity contribution in [3.05, 3.63) is 35.4 Å². The maximum absolute atomic E-state index is 13.7. The van der Waals surface area contributed by atoms with Crippen molar-refractivity contribution in [3.8, 4) is 0 Å². The number of carbonyl (C=O) groups excluding carboxylic acids is 2.